The van der Waals surface area contributed by atoms with E-state index in [-0.39, 0.29) is 11.8 Å². The van der Waals surface area contributed by atoms with Gasteiger partial charge in [-0.3, -0.25) is 9.69 Å². The van der Waals surface area contributed by atoms with Crippen LogP contribution in [0.2, 0.25) is 0 Å². The molecule has 0 radical (unpaired) electrons. The van der Waals surface area contributed by atoms with E-state index in [1.54, 1.807) is 19.1 Å². The molecular formula is C17H20F3N5O2S. The summed E-state index contributed by atoms with van der Waals surface area (Å²) in [6.45, 7) is 1.87. The van der Waals surface area contributed by atoms with Gasteiger partial charge in [-0.2, -0.15) is 17.5 Å². The van der Waals surface area contributed by atoms with Gasteiger partial charge < -0.3 is 15.8 Å². The molecule has 0 saturated carbocycles. The van der Waals surface area contributed by atoms with E-state index in [9.17, 15) is 18.0 Å². The minimum absolute atomic E-state index is 0.0283. The zero-order valence-electron chi connectivity index (χ0n) is 15.1. The molecule has 152 valence electrons. The Bertz CT molecular complexity index is 806. The fourth-order valence-corrected chi connectivity index (χ4v) is 3.70. The first-order valence-electron chi connectivity index (χ1n) is 8.62. The lowest BCUT2D eigenvalue weighted by molar-refractivity contribution is -0.143. The van der Waals surface area contributed by atoms with Gasteiger partial charge in [0.15, 0.2) is 0 Å². The van der Waals surface area contributed by atoms with Crippen molar-refractivity contribution < 1.29 is 22.7 Å². The Morgan fingerprint density at radius 2 is 2.25 bits per heavy atom. The number of nitrogens with one attached hydrogen (secondary N) is 1. The maximum absolute atomic E-state index is 12.4. The lowest BCUT2D eigenvalue weighted by Gasteiger charge is -2.17. The Hall–Kier alpha value is -2.40. The normalized spacial score (nSPS) is 17.6. The molecule has 1 saturated heterocycles. The number of ether oxygens (including phenoxy) is 1. The summed E-state index contributed by atoms with van der Waals surface area (Å²) in [5.41, 5.74) is 7.13. The fraction of sp³-hybridized carbons (Fsp3) is 0.471. The SMILES string of the molecule is Cc1nsc(N)c1C(=O)Nc1ccc(OCC2CCN(CC(F)(F)F)C2)nc1. The van der Waals surface area contributed by atoms with Crippen LogP contribution in [0.15, 0.2) is 18.3 Å². The first-order valence-corrected chi connectivity index (χ1v) is 9.39. The molecule has 3 rings (SSSR count). The molecule has 0 aliphatic carbocycles. The first kappa shape index (κ1) is 20.3. The smallest absolute Gasteiger partial charge is 0.401 e. The van der Waals surface area contributed by atoms with E-state index in [1.165, 1.54) is 11.1 Å². The van der Waals surface area contributed by atoms with Gasteiger partial charge >= 0.3 is 6.18 Å². The number of carbonyl (C=O) groups excluding carboxylic acids is 1. The maximum Gasteiger partial charge on any atom is 0.401 e. The molecule has 2 aromatic heterocycles. The van der Waals surface area contributed by atoms with Gasteiger partial charge in [0.05, 0.1) is 36.3 Å². The van der Waals surface area contributed by atoms with E-state index in [0.29, 0.717) is 53.9 Å². The number of alkyl halides is 3. The highest BCUT2D eigenvalue weighted by Crippen LogP contribution is 2.24. The van der Waals surface area contributed by atoms with Crippen LogP contribution in [0.4, 0.5) is 23.9 Å². The number of hydrogen-bond acceptors (Lipinski definition) is 7. The van der Waals surface area contributed by atoms with Crippen LogP contribution in [0, 0.1) is 12.8 Å². The summed E-state index contributed by atoms with van der Waals surface area (Å²) in [7, 11) is 0. The summed E-state index contributed by atoms with van der Waals surface area (Å²) in [4.78, 5) is 17.8. The van der Waals surface area contributed by atoms with E-state index >= 15 is 0 Å². The number of aromatic nitrogens is 2. The van der Waals surface area contributed by atoms with Crippen LogP contribution in [0.5, 0.6) is 5.88 Å². The third-order valence-electron chi connectivity index (χ3n) is 4.35. The molecule has 1 unspecified atom stereocenters. The van der Waals surface area contributed by atoms with Crippen LogP contribution in [-0.4, -0.2) is 52.6 Å². The summed E-state index contributed by atoms with van der Waals surface area (Å²) >= 11 is 1.06. The Labute approximate surface area is 163 Å². The standard InChI is InChI=1S/C17H20F3N5O2S/c1-10-14(15(21)28-24-10)16(26)23-12-2-3-13(22-6-12)27-8-11-4-5-25(7-11)9-17(18,19)20/h2-3,6,11H,4-5,7-9,21H2,1H3,(H,23,26). The minimum Gasteiger partial charge on any atom is -0.477 e. The van der Waals surface area contributed by atoms with Gasteiger partial charge in [-0.05, 0) is 37.5 Å². The number of pyridine rings is 1. The Balaban J connectivity index is 1.48. The monoisotopic (exact) mass is 415 g/mol. The van der Waals surface area contributed by atoms with E-state index in [2.05, 4.69) is 14.7 Å². The van der Waals surface area contributed by atoms with Gasteiger partial charge in [-0.1, -0.05) is 0 Å². The van der Waals surface area contributed by atoms with E-state index < -0.39 is 12.7 Å². The van der Waals surface area contributed by atoms with Crippen molar-refractivity contribution in [2.75, 3.05) is 37.3 Å². The first-order chi connectivity index (χ1) is 13.2. The van der Waals surface area contributed by atoms with Gasteiger partial charge in [-0.25, -0.2) is 4.98 Å². The second-order valence-corrected chi connectivity index (χ2v) is 7.47. The minimum atomic E-state index is -4.18. The largest absolute Gasteiger partial charge is 0.477 e. The number of anilines is 2. The average Bonchev–Trinajstić information content (AvgIpc) is 3.18. The summed E-state index contributed by atoms with van der Waals surface area (Å²) in [5, 5.41) is 3.04. The molecule has 1 amide bonds. The Morgan fingerprint density at radius 1 is 1.46 bits per heavy atom. The number of nitrogens with two attached hydrogens (primary N) is 1. The van der Waals surface area contributed by atoms with E-state index in [1.807, 2.05) is 0 Å². The predicted molar refractivity (Wildman–Crippen MR) is 99.6 cm³/mol. The van der Waals surface area contributed by atoms with Crippen molar-refractivity contribution in [2.45, 2.75) is 19.5 Å². The predicted octanol–water partition coefficient (Wildman–Crippen LogP) is 2.94. The molecule has 3 N–H and O–H groups in total. The van der Waals surface area contributed by atoms with Crippen molar-refractivity contribution in [1.29, 1.82) is 0 Å². The Kier molecular flexibility index (Phi) is 6.04. The zero-order valence-corrected chi connectivity index (χ0v) is 15.9. The lowest BCUT2D eigenvalue weighted by Crippen LogP contribution is -2.32. The molecule has 28 heavy (non-hydrogen) atoms. The number of hydrogen-bond donors (Lipinski definition) is 2. The molecule has 2 aromatic rings. The van der Waals surface area contributed by atoms with E-state index in [4.69, 9.17) is 10.5 Å². The van der Waals surface area contributed by atoms with Crippen LogP contribution in [0.25, 0.3) is 0 Å². The molecule has 1 fully saturated rings. The topological polar surface area (TPSA) is 93.4 Å². The quantitative estimate of drug-likeness (QED) is 0.754. The van der Waals surface area contributed by atoms with Crippen LogP contribution < -0.4 is 15.8 Å². The van der Waals surface area contributed by atoms with Crippen molar-refractivity contribution in [3.63, 3.8) is 0 Å². The van der Waals surface area contributed by atoms with Crippen molar-refractivity contribution in [1.82, 2.24) is 14.3 Å². The van der Waals surface area contributed by atoms with Gasteiger partial charge in [0.25, 0.3) is 5.91 Å². The number of rotatable bonds is 6. The summed E-state index contributed by atoms with van der Waals surface area (Å²) in [6, 6.07) is 3.23. The van der Waals surface area contributed by atoms with Crippen molar-refractivity contribution >= 4 is 28.1 Å². The summed E-state index contributed by atoms with van der Waals surface area (Å²) in [6.07, 6.45) is -2.08. The van der Waals surface area contributed by atoms with Crippen LogP contribution in [0.3, 0.4) is 0 Å². The van der Waals surface area contributed by atoms with Gasteiger partial charge in [0.2, 0.25) is 5.88 Å². The molecule has 0 aromatic carbocycles. The number of halogens is 3. The summed E-state index contributed by atoms with van der Waals surface area (Å²) < 4.78 is 46.9. The van der Waals surface area contributed by atoms with Crippen LogP contribution >= 0.6 is 11.5 Å². The lowest BCUT2D eigenvalue weighted by atomic mass is 10.1. The zero-order chi connectivity index (χ0) is 20.3. The van der Waals surface area contributed by atoms with Crippen LogP contribution in [0.1, 0.15) is 22.5 Å². The number of likely N-dealkylation sites (tertiary alicyclic amines) is 1. The highest BCUT2D eigenvalue weighted by atomic mass is 32.1. The fourth-order valence-electron chi connectivity index (χ4n) is 3.05. The average molecular weight is 415 g/mol. The molecule has 11 heteroatoms. The van der Waals surface area contributed by atoms with Crippen molar-refractivity contribution in [3.05, 3.63) is 29.6 Å². The molecule has 0 spiro atoms. The molecule has 7 nitrogen and oxygen atoms in total. The van der Waals surface area contributed by atoms with Gasteiger partial charge in [0, 0.05) is 18.5 Å². The molecule has 3 heterocycles. The third-order valence-corrected chi connectivity index (χ3v) is 5.12. The molecule has 1 aliphatic rings. The maximum atomic E-state index is 12.4. The number of nitrogens with zero attached hydrogens (tertiary/aromatic N) is 3. The molecule has 0 bridgehead atoms. The highest BCUT2D eigenvalue weighted by Gasteiger charge is 2.34. The highest BCUT2D eigenvalue weighted by molar-refractivity contribution is 7.10. The number of amides is 1. The van der Waals surface area contributed by atoms with Crippen molar-refractivity contribution in [2.24, 2.45) is 5.92 Å². The molecule has 1 aliphatic heterocycles. The molecule has 1 atom stereocenters. The van der Waals surface area contributed by atoms with Gasteiger partial charge in [-0.15, -0.1) is 0 Å². The third kappa shape index (κ3) is 5.32. The van der Waals surface area contributed by atoms with Gasteiger partial charge in [0.1, 0.15) is 5.00 Å². The Morgan fingerprint density at radius 3 is 2.86 bits per heavy atom. The van der Waals surface area contributed by atoms with Crippen LogP contribution in [-0.2, 0) is 0 Å². The van der Waals surface area contributed by atoms with Crippen molar-refractivity contribution in [3.8, 4) is 5.88 Å². The number of nitrogen functional groups attached to an aromatic ring is 1. The molecular weight excluding hydrogens is 395 g/mol. The van der Waals surface area contributed by atoms with E-state index in [0.717, 1.165) is 11.5 Å². The number of carbonyl (C=O) groups is 1. The second-order valence-electron chi connectivity index (χ2n) is 6.66. The second kappa shape index (κ2) is 8.31. The number of aryl methyl sites for hydroxylation is 1. The summed E-state index contributed by atoms with van der Waals surface area (Å²) in [5.74, 6) is 0.00988.